The molecular weight excluding hydrogens is 546 g/mol. The Morgan fingerprint density at radius 3 is 2.26 bits per heavy atom. The third-order valence-electron chi connectivity index (χ3n) is 9.05. The highest BCUT2D eigenvalue weighted by Gasteiger charge is 2.71. The van der Waals surface area contributed by atoms with E-state index in [1.165, 1.54) is 19.0 Å². The predicted octanol–water partition coefficient (Wildman–Crippen LogP) is -0.409. The number of carbonyl (C=O) groups excluding carboxylic acids is 4. The van der Waals surface area contributed by atoms with E-state index in [1.54, 1.807) is 49.4 Å². The summed E-state index contributed by atoms with van der Waals surface area (Å²) in [5.41, 5.74) is 2.77. The molecule has 2 fully saturated rings. The number of aliphatic hydroxyl groups excluding tert-OH is 3. The quantitative estimate of drug-likeness (QED) is 0.228. The van der Waals surface area contributed by atoms with Gasteiger partial charge in [0.2, 0.25) is 11.7 Å². The van der Waals surface area contributed by atoms with Gasteiger partial charge < -0.3 is 41.5 Å². The lowest BCUT2D eigenvalue weighted by Gasteiger charge is -2.56. The van der Waals surface area contributed by atoms with Crippen molar-refractivity contribution in [3.05, 3.63) is 70.3 Å². The first-order valence-electron chi connectivity index (χ1n) is 13.5. The van der Waals surface area contributed by atoms with Crippen LogP contribution in [-0.4, -0.2) is 91.8 Å². The van der Waals surface area contributed by atoms with E-state index in [2.05, 4.69) is 5.32 Å². The third-order valence-corrected chi connectivity index (χ3v) is 9.05. The summed E-state index contributed by atoms with van der Waals surface area (Å²) in [5.74, 6) is -10.8. The Kier molecular flexibility index (Phi) is 7.22. The van der Waals surface area contributed by atoms with Crippen LogP contribution in [0.15, 0.2) is 48.0 Å². The highest BCUT2D eigenvalue weighted by molar-refractivity contribution is 6.25. The van der Waals surface area contributed by atoms with Gasteiger partial charge in [0.05, 0.1) is 17.8 Å². The average Bonchev–Trinajstić information content (AvgIpc) is 2.94. The molecule has 0 heterocycles. The molecule has 12 heteroatoms. The maximum atomic E-state index is 14.1. The molecule has 0 aliphatic heterocycles. The second-order valence-electron chi connectivity index (χ2n) is 11.5. The molecule has 3 aliphatic rings. The highest BCUT2D eigenvalue weighted by atomic mass is 16.3. The Morgan fingerprint density at radius 1 is 1.02 bits per heavy atom. The van der Waals surface area contributed by atoms with Gasteiger partial charge >= 0.3 is 0 Å². The van der Waals surface area contributed by atoms with Crippen molar-refractivity contribution in [1.29, 1.82) is 0 Å². The number of aliphatic hydroxyl groups is 4. The first kappa shape index (κ1) is 29.4. The van der Waals surface area contributed by atoms with Crippen LogP contribution in [0.5, 0.6) is 5.75 Å². The number of Topliss-reactive ketones (excluding diaryl/α,β-unsaturated/α-hetero) is 2. The van der Waals surface area contributed by atoms with Crippen LogP contribution in [0.3, 0.4) is 0 Å². The number of primary amides is 1. The van der Waals surface area contributed by atoms with E-state index in [-0.39, 0.29) is 17.7 Å². The molecule has 2 saturated carbocycles. The number of nitrogens with two attached hydrogens (primary N) is 1. The molecule has 8 N–H and O–H groups in total. The molecule has 5 rings (SSSR count). The molecule has 2 aromatic rings. The second-order valence-corrected chi connectivity index (χ2v) is 11.5. The van der Waals surface area contributed by atoms with Crippen LogP contribution in [-0.2, 0) is 20.9 Å². The Balaban J connectivity index is 1.60. The van der Waals surface area contributed by atoms with Crippen LogP contribution in [0.2, 0.25) is 0 Å². The molecule has 12 nitrogen and oxygen atoms in total. The third kappa shape index (κ3) is 4.05. The number of hydrogen-bond donors (Lipinski definition) is 7. The van der Waals surface area contributed by atoms with E-state index >= 15 is 0 Å². The van der Waals surface area contributed by atoms with Gasteiger partial charge in [-0.25, -0.2) is 0 Å². The number of fused-ring (bicyclic) bond motifs is 3. The fourth-order valence-corrected chi connectivity index (χ4v) is 7.03. The van der Waals surface area contributed by atoms with E-state index in [4.69, 9.17) is 5.73 Å². The zero-order valence-electron chi connectivity index (χ0n) is 23.2. The number of amides is 2. The number of phenolic OH excluding ortho intramolecular Hbond substituents is 1. The van der Waals surface area contributed by atoms with Crippen LogP contribution in [0.4, 0.5) is 0 Å². The molecule has 0 spiro atoms. The first-order chi connectivity index (χ1) is 19.7. The van der Waals surface area contributed by atoms with Crippen LogP contribution >= 0.6 is 0 Å². The van der Waals surface area contributed by atoms with E-state index in [9.17, 15) is 44.7 Å². The van der Waals surface area contributed by atoms with Gasteiger partial charge in [0, 0.05) is 41.1 Å². The summed E-state index contributed by atoms with van der Waals surface area (Å²) < 4.78 is 0. The number of nitrogens with one attached hydrogen (secondary N) is 1. The van der Waals surface area contributed by atoms with Crippen molar-refractivity contribution in [1.82, 2.24) is 10.2 Å². The van der Waals surface area contributed by atoms with E-state index < -0.39 is 88.0 Å². The van der Waals surface area contributed by atoms with Crippen LogP contribution in [0.1, 0.15) is 39.9 Å². The fourth-order valence-electron chi connectivity index (χ4n) is 7.03. The summed E-state index contributed by atoms with van der Waals surface area (Å²) >= 11 is 0. The lowest BCUT2D eigenvalue weighted by Crippen LogP contribution is -2.76. The zero-order chi connectivity index (χ0) is 30.8. The van der Waals surface area contributed by atoms with E-state index in [1.807, 2.05) is 0 Å². The van der Waals surface area contributed by atoms with Crippen molar-refractivity contribution in [3.63, 3.8) is 0 Å². The predicted molar refractivity (Wildman–Crippen MR) is 148 cm³/mol. The molecule has 0 saturated heterocycles. The second kappa shape index (κ2) is 10.3. The van der Waals surface area contributed by atoms with Gasteiger partial charge in [-0.3, -0.25) is 19.2 Å². The number of nitrogens with zero attached hydrogens (tertiary/aromatic N) is 1. The molecule has 3 aliphatic carbocycles. The lowest BCUT2D eigenvalue weighted by atomic mass is 9.51. The molecule has 8 atom stereocenters. The average molecular weight is 580 g/mol. The highest BCUT2D eigenvalue weighted by Crippen LogP contribution is 2.56. The normalized spacial score (nSPS) is 32.2. The van der Waals surface area contributed by atoms with Gasteiger partial charge in [-0.1, -0.05) is 37.3 Å². The molecule has 42 heavy (non-hydrogen) atoms. The number of benzene rings is 2. The van der Waals surface area contributed by atoms with Crippen LogP contribution < -0.4 is 11.1 Å². The van der Waals surface area contributed by atoms with Crippen molar-refractivity contribution in [2.24, 2.45) is 23.5 Å². The molecular formula is C30H33N3O9. The van der Waals surface area contributed by atoms with E-state index in [0.29, 0.717) is 11.1 Å². The number of ketones is 2. The summed E-state index contributed by atoms with van der Waals surface area (Å²) in [6.45, 7) is 1.53. The minimum Gasteiger partial charge on any atom is -0.507 e. The number of hydrogen-bond acceptors (Lipinski definition) is 10. The fraction of sp³-hybridized carbons (Fsp3) is 0.400. The van der Waals surface area contributed by atoms with Gasteiger partial charge in [0.1, 0.15) is 17.4 Å². The smallest absolute Gasteiger partial charge is 0.251 e. The van der Waals surface area contributed by atoms with Crippen molar-refractivity contribution in [2.45, 2.75) is 43.2 Å². The number of aromatic hydroxyl groups is 1. The maximum Gasteiger partial charge on any atom is 0.251 e. The summed E-state index contributed by atoms with van der Waals surface area (Å²) in [6, 6.07) is 10.3. The number of likely N-dealkylation sites (N-methyl/N-ethyl adjacent to an activating group) is 1. The van der Waals surface area contributed by atoms with Gasteiger partial charge in [-0.05, 0) is 37.7 Å². The molecule has 0 bridgehead atoms. The minimum absolute atomic E-state index is 0.128. The summed E-state index contributed by atoms with van der Waals surface area (Å²) in [7, 11) is 3.00. The van der Waals surface area contributed by atoms with Gasteiger partial charge in [0.25, 0.3) is 5.91 Å². The van der Waals surface area contributed by atoms with Gasteiger partial charge in [-0.15, -0.1) is 0 Å². The van der Waals surface area contributed by atoms with Crippen molar-refractivity contribution in [3.8, 4) is 5.75 Å². The lowest BCUT2D eigenvalue weighted by molar-refractivity contribution is -0.199. The molecule has 2 amide bonds. The summed E-state index contributed by atoms with van der Waals surface area (Å²) in [5, 5.41) is 59.8. The van der Waals surface area contributed by atoms with Gasteiger partial charge in [0.15, 0.2) is 11.4 Å². The van der Waals surface area contributed by atoms with Crippen LogP contribution in [0, 0.1) is 17.8 Å². The summed E-state index contributed by atoms with van der Waals surface area (Å²) in [6.07, 6.45) is -3.36. The maximum absolute atomic E-state index is 14.1. The number of rotatable bonds is 5. The molecule has 0 aromatic heterocycles. The Morgan fingerprint density at radius 2 is 1.67 bits per heavy atom. The van der Waals surface area contributed by atoms with Crippen molar-refractivity contribution < 1.29 is 44.7 Å². The Labute approximate surface area is 241 Å². The van der Waals surface area contributed by atoms with Crippen molar-refractivity contribution in [2.75, 3.05) is 14.1 Å². The summed E-state index contributed by atoms with van der Waals surface area (Å²) in [4.78, 5) is 53.7. The Bertz CT molecular complexity index is 1520. The van der Waals surface area contributed by atoms with E-state index in [0.717, 1.165) is 0 Å². The van der Waals surface area contributed by atoms with Crippen molar-refractivity contribution >= 4 is 29.1 Å². The van der Waals surface area contributed by atoms with Crippen LogP contribution in [0.25, 0.3) is 5.76 Å². The molecule has 222 valence electrons. The monoisotopic (exact) mass is 579 g/mol. The molecule has 4 unspecified atom stereocenters. The number of phenols is 1. The number of carbonyl (C=O) groups is 4. The standard InChI is InChI=1S/C30H33N3O9/c1-12-15-10-9-14(11-32-29(41)13-7-5-4-6-8-13)22(34)17(15)23(35)18-16(12)24(36)20-21(33(2)3)25(37)19(28(31)40)27(39)30(20,42)26(18)38/h4-10,12,16,19-21,24-25,34-37,42H,11H2,1-3H3,(H2,31,40)(H,32,41)/t12-,16?,19?,20?,21-,24-,25?,30-/m0/s1. The van der Waals surface area contributed by atoms with Gasteiger partial charge in [-0.2, -0.15) is 0 Å². The zero-order valence-corrected chi connectivity index (χ0v) is 23.2. The molecule has 2 aromatic carbocycles. The first-order valence-corrected chi connectivity index (χ1v) is 13.5. The largest absolute Gasteiger partial charge is 0.507 e. The topological polar surface area (TPSA) is 211 Å². The Hall–Kier alpha value is -4.10. The molecule has 0 radical (unpaired) electrons. The SMILES string of the molecule is C[C@H]1c2ccc(CNC(=O)c3ccccc3)c(O)c2C(O)=C2C(=O)[C@]3(O)C(=O)C(C(N)=O)C(O)[C@@H](N(C)C)C3[C@@H](O)C21. The minimum atomic E-state index is -3.00.